The lowest BCUT2D eigenvalue weighted by atomic mass is 10.1. The maximum Gasteiger partial charge on any atom is 0.252 e. The summed E-state index contributed by atoms with van der Waals surface area (Å²) in [7, 11) is 0. The van der Waals surface area contributed by atoms with Gasteiger partial charge in [0, 0.05) is 19.1 Å². The van der Waals surface area contributed by atoms with Crippen LogP contribution in [0.25, 0.3) is 0 Å². The first kappa shape index (κ1) is 14.7. The van der Waals surface area contributed by atoms with Gasteiger partial charge in [-0.2, -0.15) is 0 Å². The van der Waals surface area contributed by atoms with Crippen molar-refractivity contribution in [3.8, 4) is 0 Å². The van der Waals surface area contributed by atoms with Gasteiger partial charge in [-0.3, -0.25) is 4.79 Å². The molecular formula is C16H22ClN3O. The van der Waals surface area contributed by atoms with Crippen molar-refractivity contribution in [1.82, 2.24) is 5.32 Å². The number of carbonyl (C=O) groups is 1. The number of primary amides is 1. The average molecular weight is 308 g/mol. The molecule has 5 heteroatoms. The summed E-state index contributed by atoms with van der Waals surface area (Å²) in [5.41, 5.74) is 6.88. The maximum absolute atomic E-state index is 11.8. The number of nitrogens with zero attached hydrogens (tertiary/aromatic N) is 1. The predicted molar refractivity (Wildman–Crippen MR) is 85.9 cm³/mol. The molecule has 1 amide bonds. The molecule has 0 bridgehead atoms. The third kappa shape index (κ3) is 3.50. The van der Waals surface area contributed by atoms with Crippen LogP contribution in [0.4, 0.5) is 5.69 Å². The van der Waals surface area contributed by atoms with Crippen LogP contribution >= 0.6 is 11.6 Å². The van der Waals surface area contributed by atoms with E-state index in [1.165, 1.54) is 25.7 Å². The van der Waals surface area contributed by atoms with Crippen LogP contribution in [0.5, 0.6) is 0 Å². The van der Waals surface area contributed by atoms with E-state index in [2.05, 4.69) is 10.2 Å². The molecule has 1 heterocycles. The SMILES string of the molecule is NC(=O)c1c(Cl)cccc1N(CC1CC1)CC1CCCN1. The number of nitrogens with one attached hydrogen (secondary N) is 1. The molecule has 0 spiro atoms. The zero-order valence-electron chi connectivity index (χ0n) is 12.1. The highest BCUT2D eigenvalue weighted by Gasteiger charge is 2.28. The van der Waals surface area contributed by atoms with Crippen LogP contribution in [0.1, 0.15) is 36.0 Å². The van der Waals surface area contributed by atoms with E-state index < -0.39 is 5.91 Å². The molecule has 0 aromatic heterocycles. The van der Waals surface area contributed by atoms with E-state index in [1.54, 1.807) is 6.07 Å². The first-order valence-electron chi connectivity index (χ1n) is 7.72. The standard InChI is InChI=1S/C16H22ClN3O/c17-13-4-1-5-14(15(13)16(18)21)20(9-11-6-7-11)10-12-3-2-8-19-12/h1,4-5,11-12,19H,2-3,6-10H2,(H2,18,21). The first-order valence-corrected chi connectivity index (χ1v) is 8.09. The minimum atomic E-state index is -0.448. The minimum Gasteiger partial charge on any atom is -0.369 e. The Balaban J connectivity index is 1.87. The monoisotopic (exact) mass is 307 g/mol. The van der Waals surface area contributed by atoms with Gasteiger partial charge in [-0.25, -0.2) is 0 Å². The van der Waals surface area contributed by atoms with E-state index >= 15 is 0 Å². The molecule has 1 aromatic carbocycles. The van der Waals surface area contributed by atoms with E-state index in [0.29, 0.717) is 16.6 Å². The zero-order chi connectivity index (χ0) is 14.8. The number of halogens is 1. The Morgan fingerprint density at radius 3 is 2.76 bits per heavy atom. The zero-order valence-corrected chi connectivity index (χ0v) is 12.9. The molecule has 4 nitrogen and oxygen atoms in total. The van der Waals surface area contributed by atoms with E-state index in [-0.39, 0.29) is 0 Å². The lowest BCUT2D eigenvalue weighted by Gasteiger charge is -2.29. The Morgan fingerprint density at radius 1 is 1.33 bits per heavy atom. The number of benzene rings is 1. The van der Waals surface area contributed by atoms with Crippen molar-refractivity contribution in [3.05, 3.63) is 28.8 Å². The highest BCUT2D eigenvalue weighted by Crippen LogP contribution is 2.34. The molecule has 1 saturated carbocycles. The van der Waals surface area contributed by atoms with Gasteiger partial charge in [0.2, 0.25) is 0 Å². The van der Waals surface area contributed by atoms with Gasteiger partial charge in [-0.1, -0.05) is 17.7 Å². The van der Waals surface area contributed by atoms with Crippen molar-refractivity contribution >= 4 is 23.2 Å². The van der Waals surface area contributed by atoms with E-state index in [4.69, 9.17) is 17.3 Å². The summed E-state index contributed by atoms with van der Waals surface area (Å²) in [5, 5.41) is 3.97. The van der Waals surface area contributed by atoms with Gasteiger partial charge in [0.05, 0.1) is 16.3 Å². The molecule has 3 rings (SSSR count). The van der Waals surface area contributed by atoms with E-state index in [1.807, 2.05) is 12.1 Å². The largest absolute Gasteiger partial charge is 0.369 e. The summed E-state index contributed by atoms with van der Waals surface area (Å²) >= 11 is 6.19. The number of hydrogen-bond acceptors (Lipinski definition) is 3. The number of carbonyl (C=O) groups excluding carboxylic acids is 1. The number of rotatable bonds is 6. The third-order valence-electron chi connectivity index (χ3n) is 4.36. The van der Waals surface area contributed by atoms with E-state index in [0.717, 1.165) is 31.2 Å². The average Bonchev–Trinajstić information content (AvgIpc) is 3.11. The molecule has 0 radical (unpaired) electrons. The Morgan fingerprint density at radius 2 is 2.14 bits per heavy atom. The van der Waals surface area contributed by atoms with Crippen LogP contribution in [0.2, 0.25) is 5.02 Å². The van der Waals surface area contributed by atoms with Crippen LogP contribution < -0.4 is 16.0 Å². The number of anilines is 1. The molecule has 2 fully saturated rings. The van der Waals surface area contributed by atoms with Crippen molar-refractivity contribution in [2.45, 2.75) is 31.7 Å². The van der Waals surface area contributed by atoms with Crippen molar-refractivity contribution in [2.75, 3.05) is 24.5 Å². The van der Waals surface area contributed by atoms with Crippen molar-refractivity contribution in [1.29, 1.82) is 0 Å². The Hall–Kier alpha value is -1.26. The lowest BCUT2D eigenvalue weighted by Crippen LogP contribution is -2.39. The summed E-state index contributed by atoms with van der Waals surface area (Å²) in [4.78, 5) is 14.1. The van der Waals surface area contributed by atoms with Gasteiger partial charge in [0.15, 0.2) is 0 Å². The number of amides is 1. The predicted octanol–water partition coefficient (Wildman–Crippen LogP) is 2.41. The van der Waals surface area contributed by atoms with Crippen LogP contribution in [0, 0.1) is 5.92 Å². The van der Waals surface area contributed by atoms with Gasteiger partial charge in [0.1, 0.15) is 0 Å². The normalized spacial score (nSPS) is 21.5. The molecule has 21 heavy (non-hydrogen) atoms. The fourth-order valence-corrected chi connectivity index (χ4v) is 3.34. The quantitative estimate of drug-likeness (QED) is 0.848. The molecular weight excluding hydrogens is 286 g/mol. The Labute approximate surface area is 130 Å². The molecule has 2 aliphatic rings. The second-order valence-electron chi connectivity index (χ2n) is 6.14. The smallest absolute Gasteiger partial charge is 0.252 e. The van der Waals surface area contributed by atoms with Gasteiger partial charge in [0.25, 0.3) is 5.91 Å². The van der Waals surface area contributed by atoms with Crippen molar-refractivity contribution in [3.63, 3.8) is 0 Å². The molecule has 114 valence electrons. The highest BCUT2D eigenvalue weighted by molar-refractivity contribution is 6.34. The maximum atomic E-state index is 11.8. The van der Waals surface area contributed by atoms with E-state index in [9.17, 15) is 4.79 Å². The molecule has 1 aliphatic carbocycles. The fraction of sp³-hybridized carbons (Fsp3) is 0.562. The van der Waals surface area contributed by atoms with Crippen LogP contribution in [0.3, 0.4) is 0 Å². The summed E-state index contributed by atoms with van der Waals surface area (Å²) in [6.07, 6.45) is 4.97. The van der Waals surface area contributed by atoms with Crippen molar-refractivity contribution in [2.24, 2.45) is 11.7 Å². The third-order valence-corrected chi connectivity index (χ3v) is 4.67. The molecule has 3 N–H and O–H groups in total. The summed E-state index contributed by atoms with van der Waals surface area (Å²) < 4.78 is 0. The summed E-state index contributed by atoms with van der Waals surface area (Å²) in [5.74, 6) is 0.293. The molecule has 1 aromatic rings. The molecule has 1 aliphatic heterocycles. The molecule has 1 atom stereocenters. The summed E-state index contributed by atoms with van der Waals surface area (Å²) in [6, 6.07) is 6.08. The van der Waals surface area contributed by atoms with Crippen molar-refractivity contribution < 1.29 is 4.79 Å². The fourth-order valence-electron chi connectivity index (χ4n) is 3.08. The second kappa shape index (κ2) is 6.24. The van der Waals surface area contributed by atoms with Crippen LogP contribution in [-0.2, 0) is 0 Å². The van der Waals surface area contributed by atoms with Gasteiger partial charge in [-0.05, 0) is 50.3 Å². The second-order valence-corrected chi connectivity index (χ2v) is 6.55. The number of nitrogens with two attached hydrogens (primary N) is 1. The molecule has 1 unspecified atom stereocenters. The Bertz CT molecular complexity index is 524. The first-order chi connectivity index (χ1) is 10.1. The van der Waals surface area contributed by atoms with Crippen LogP contribution in [-0.4, -0.2) is 31.6 Å². The van der Waals surface area contributed by atoms with Gasteiger partial charge in [-0.15, -0.1) is 0 Å². The van der Waals surface area contributed by atoms with Gasteiger partial charge >= 0.3 is 0 Å². The minimum absolute atomic E-state index is 0.445. The van der Waals surface area contributed by atoms with Crippen LogP contribution in [0.15, 0.2) is 18.2 Å². The summed E-state index contributed by atoms with van der Waals surface area (Å²) in [6.45, 7) is 2.98. The topological polar surface area (TPSA) is 58.4 Å². The highest BCUT2D eigenvalue weighted by atomic mass is 35.5. The molecule has 1 saturated heterocycles. The van der Waals surface area contributed by atoms with Gasteiger partial charge < -0.3 is 16.0 Å². The Kier molecular flexibility index (Phi) is 4.36. The lowest BCUT2D eigenvalue weighted by molar-refractivity contribution is 0.100. The number of hydrogen-bond donors (Lipinski definition) is 2.